The number of nitrogens with one attached hydrogen (secondary N) is 3. The van der Waals surface area contributed by atoms with Crippen LogP contribution in [0.15, 0.2) is 18.2 Å². The van der Waals surface area contributed by atoms with Crippen molar-refractivity contribution in [2.75, 3.05) is 26.7 Å². The summed E-state index contributed by atoms with van der Waals surface area (Å²) in [5.74, 6) is -1.11. The highest BCUT2D eigenvalue weighted by molar-refractivity contribution is 5.94. The predicted octanol–water partition coefficient (Wildman–Crippen LogP) is 1.92. The molecule has 5 atom stereocenters. The monoisotopic (exact) mass is 581 g/mol. The van der Waals surface area contributed by atoms with Crippen LogP contribution in [0.2, 0.25) is 0 Å². The molecular weight excluding hydrogens is 541 g/mol. The van der Waals surface area contributed by atoms with E-state index in [0.29, 0.717) is 50.1 Å². The van der Waals surface area contributed by atoms with Crippen LogP contribution in [-0.4, -0.2) is 84.3 Å². The maximum atomic E-state index is 14.0. The lowest BCUT2D eigenvalue weighted by molar-refractivity contribution is -0.149. The molecule has 222 valence electrons. The first-order valence-corrected chi connectivity index (χ1v) is 13.7. The molecule has 3 aliphatic heterocycles. The summed E-state index contributed by atoms with van der Waals surface area (Å²) in [6.45, 7) is 7.98. The molecule has 4 amide bonds. The fourth-order valence-electron chi connectivity index (χ4n) is 5.61. The van der Waals surface area contributed by atoms with E-state index in [4.69, 9.17) is 4.74 Å². The number of nitrogens with zero attached hydrogens (tertiary/aromatic N) is 2. The van der Waals surface area contributed by atoms with E-state index in [1.807, 2.05) is 20.8 Å². The van der Waals surface area contributed by atoms with Gasteiger partial charge in [0.25, 0.3) is 0 Å². The number of amides is 4. The van der Waals surface area contributed by atoms with Crippen LogP contribution in [0.5, 0.6) is 5.75 Å². The van der Waals surface area contributed by atoms with Gasteiger partial charge in [0.15, 0.2) is 0 Å². The maximum Gasteiger partial charge on any atom is 0.247 e. The Kier molecular flexibility index (Phi) is 10.1. The quantitative estimate of drug-likeness (QED) is 0.489. The van der Waals surface area contributed by atoms with Gasteiger partial charge in [0.2, 0.25) is 23.6 Å². The predicted molar refractivity (Wildman–Crippen MR) is 149 cm³/mol. The number of hydrogen-bond acceptors (Lipinski definition) is 6. The summed E-state index contributed by atoms with van der Waals surface area (Å²) in [6.07, 6.45) is 2.16. The molecule has 0 bridgehead atoms. The third-order valence-corrected chi connectivity index (χ3v) is 7.90. The summed E-state index contributed by atoms with van der Waals surface area (Å²) in [7, 11) is 1.65. The highest BCUT2D eigenvalue weighted by atomic mass is 35.5. The number of hydrogen-bond donors (Lipinski definition) is 3. The second kappa shape index (κ2) is 12.7. The maximum absolute atomic E-state index is 14.0. The molecular formula is C28H41ClFN5O5. The highest BCUT2D eigenvalue weighted by Crippen LogP contribution is 2.34. The normalized spacial score (nSPS) is 25.3. The van der Waals surface area contributed by atoms with Gasteiger partial charge in [-0.3, -0.25) is 19.2 Å². The molecule has 3 heterocycles. The number of carbonyl (C=O) groups is 4. The van der Waals surface area contributed by atoms with E-state index in [0.717, 1.165) is 0 Å². The third-order valence-electron chi connectivity index (χ3n) is 7.90. The molecule has 0 unspecified atom stereocenters. The number of fused-ring (bicyclic) bond motifs is 2. The number of carbonyl (C=O) groups excluding carboxylic acids is 4. The molecule has 10 nitrogen and oxygen atoms in total. The van der Waals surface area contributed by atoms with Crippen molar-refractivity contribution in [1.82, 2.24) is 25.8 Å². The lowest BCUT2D eigenvalue weighted by Gasteiger charge is -2.40. The average molecular weight is 582 g/mol. The van der Waals surface area contributed by atoms with Crippen molar-refractivity contribution < 1.29 is 28.3 Å². The van der Waals surface area contributed by atoms with Gasteiger partial charge >= 0.3 is 0 Å². The van der Waals surface area contributed by atoms with Crippen molar-refractivity contribution >= 4 is 36.0 Å². The van der Waals surface area contributed by atoms with E-state index in [1.165, 1.54) is 12.1 Å². The number of likely N-dealkylation sites (N-methyl/N-ethyl adjacent to an activating group) is 1. The summed E-state index contributed by atoms with van der Waals surface area (Å²) in [6, 6.07) is 1.43. The standard InChI is InChI=1S/C28H40FN5O5.ClH/c1-16(30-5)24(35)32-21-15-33(27(38)28(2,3)4)12-10-18-7-9-22(34(18)26(21)37)25(36)31-20-11-13-39-23-14-17(29)6-8-19(20)23;/h6,8,14,16,18,20-22,30H,7,9-13,15H2,1-5H3,(H,31,36)(H,32,35);1H/t16-,18+,20+,21-,22-;/m0./s1. The molecule has 2 fully saturated rings. The van der Waals surface area contributed by atoms with Crippen molar-refractivity contribution in [2.24, 2.45) is 5.41 Å². The van der Waals surface area contributed by atoms with E-state index < -0.39 is 29.4 Å². The fraction of sp³-hybridized carbons (Fsp3) is 0.643. The lowest BCUT2D eigenvalue weighted by atomic mass is 9.93. The number of rotatable bonds is 5. The lowest BCUT2D eigenvalue weighted by Crippen LogP contribution is -2.63. The first-order valence-electron chi connectivity index (χ1n) is 13.7. The van der Waals surface area contributed by atoms with Crippen molar-refractivity contribution in [3.05, 3.63) is 29.6 Å². The van der Waals surface area contributed by atoms with Gasteiger partial charge in [-0.25, -0.2) is 4.39 Å². The minimum Gasteiger partial charge on any atom is -0.493 e. The Bertz CT molecular complexity index is 1130. The largest absolute Gasteiger partial charge is 0.493 e. The van der Waals surface area contributed by atoms with Crippen LogP contribution in [-0.2, 0) is 19.2 Å². The molecule has 40 heavy (non-hydrogen) atoms. The van der Waals surface area contributed by atoms with E-state index >= 15 is 0 Å². The summed E-state index contributed by atoms with van der Waals surface area (Å²) >= 11 is 0. The Morgan fingerprint density at radius 2 is 1.80 bits per heavy atom. The van der Waals surface area contributed by atoms with E-state index in [-0.39, 0.29) is 54.7 Å². The molecule has 0 radical (unpaired) electrons. The van der Waals surface area contributed by atoms with Crippen molar-refractivity contribution in [3.8, 4) is 5.75 Å². The van der Waals surface area contributed by atoms with Crippen LogP contribution >= 0.6 is 12.4 Å². The number of ether oxygens (including phenoxy) is 1. The van der Waals surface area contributed by atoms with Gasteiger partial charge in [0.05, 0.1) is 18.7 Å². The second-order valence-corrected chi connectivity index (χ2v) is 11.7. The molecule has 0 saturated carbocycles. The number of halogens is 2. The first-order chi connectivity index (χ1) is 18.4. The van der Waals surface area contributed by atoms with Crippen molar-refractivity contribution in [3.63, 3.8) is 0 Å². The third kappa shape index (κ3) is 6.68. The van der Waals surface area contributed by atoms with Gasteiger partial charge in [-0.2, -0.15) is 0 Å². The molecule has 4 rings (SSSR count). The molecule has 3 aliphatic rings. The minimum absolute atomic E-state index is 0. The van der Waals surface area contributed by atoms with E-state index in [2.05, 4.69) is 16.0 Å². The summed E-state index contributed by atoms with van der Waals surface area (Å²) < 4.78 is 19.3. The SMILES string of the molecule is CN[C@@H](C)C(=O)N[C@H]1CN(C(=O)C(C)(C)C)CC[C@H]2CC[C@@H](C(=O)N[C@@H]3CCOc4cc(F)ccc43)N2C1=O.Cl. The molecule has 2 saturated heterocycles. The Labute approximate surface area is 241 Å². The Hall–Kier alpha value is -2.92. The highest BCUT2D eigenvalue weighted by Gasteiger charge is 2.46. The van der Waals surface area contributed by atoms with Crippen LogP contribution in [0.25, 0.3) is 0 Å². The van der Waals surface area contributed by atoms with Gasteiger partial charge in [-0.05, 0) is 39.3 Å². The van der Waals surface area contributed by atoms with Crippen LogP contribution in [0.1, 0.15) is 65.0 Å². The Balaban J connectivity index is 0.00000441. The summed E-state index contributed by atoms with van der Waals surface area (Å²) in [5.41, 5.74) is 0.0579. The average Bonchev–Trinajstić information content (AvgIpc) is 3.31. The van der Waals surface area contributed by atoms with Crippen molar-refractivity contribution in [2.45, 2.75) is 83.6 Å². The molecule has 12 heteroatoms. The minimum atomic E-state index is -0.984. The van der Waals surface area contributed by atoms with Crippen molar-refractivity contribution in [1.29, 1.82) is 0 Å². The van der Waals surface area contributed by atoms with Gasteiger partial charge in [-0.1, -0.05) is 26.8 Å². The zero-order valence-electron chi connectivity index (χ0n) is 23.8. The summed E-state index contributed by atoms with van der Waals surface area (Å²) in [5, 5.41) is 8.75. The fourth-order valence-corrected chi connectivity index (χ4v) is 5.61. The van der Waals surface area contributed by atoms with Crippen LogP contribution < -0.4 is 20.7 Å². The molecule has 1 aromatic carbocycles. The Morgan fingerprint density at radius 3 is 2.48 bits per heavy atom. The molecule has 1 aromatic rings. The van der Waals surface area contributed by atoms with Gasteiger partial charge < -0.3 is 30.5 Å². The van der Waals surface area contributed by atoms with Crippen LogP contribution in [0, 0.1) is 11.2 Å². The van der Waals surface area contributed by atoms with Crippen LogP contribution in [0.3, 0.4) is 0 Å². The molecule has 0 spiro atoms. The smallest absolute Gasteiger partial charge is 0.247 e. The van der Waals surface area contributed by atoms with E-state index in [1.54, 1.807) is 29.8 Å². The zero-order valence-corrected chi connectivity index (χ0v) is 24.6. The summed E-state index contributed by atoms with van der Waals surface area (Å²) in [4.78, 5) is 56.9. The topological polar surface area (TPSA) is 120 Å². The Morgan fingerprint density at radius 1 is 1.07 bits per heavy atom. The van der Waals surface area contributed by atoms with Gasteiger partial charge in [0, 0.05) is 42.6 Å². The molecule has 0 aromatic heterocycles. The van der Waals surface area contributed by atoms with Crippen LogP contribution in [0.4, 0.5) is 4.39 Å². The van der Waals surface area contributed by atoms with E-state index in [9.17, 15) is 23.6 Å². The molecule has 3 N–H and O–H groups in total. The molecule has 0 aliphatic carbocycles. The second-order valence-electron chi connectivity index (χ2n) is 11.7. The van der Waals surface area contributed by atoms with Gasteiger partial charge in [0.1, 0.15) is 23.7 Å². The first kappa shape index (κ1) is 31.6. The number of benzene rings is 1. The zero-order chi connectivity index (χ0) is 28.5. The van der Waals surface area contributed by atoms with Gasteiger partial charge in [-0.15, -0.1) is 12.4 Å².